The van der Waals surface area contributed by atoms with Crippen LogP contribution >= 0.6 is 0 Å². The lowest BCUT2D eigenvalue weighted by Gasteiger charge is -2.36. The van der Waals surface area contributed by atoms with Crippen LogP contribution in [0.25, 0.3) is 0 Å². The molecule has 0 aliphatic heterocycles. The summed E-state index contributed by atoms with van der Waals surface area (Å²) >= 11 is 0. The fourth-order valence-corrected chi connectivity index (χ4v) is 1.48. The maximum Gasteiger partial charge on any atom is 0.221 e. The summed E-state index contributed by atoms with van der Waals surface area (Å²) in [4.78, 5) is 11.3. The molecular weight excluding hydrogens is 180 g/mol. The first-order chi connectivity index (χ1) is 6.56. The molecule has 1 fully saturated rings. The van der Waals surface area contributed by atoms with E-state index >= 15 is 0 Å². The molecule has 1 amide bonds. The second-order valence-electron chi connectivity index (χ2n) is 4.23. The number of carbonyl (C=O) groups is 1. The molecule has 0 aromatic heterocycles. The third kappa shape index (κ3) is 3.27. The van der Waals surface area contributed by atoms with E-state index in [2.05, 4.69) is 5.32 Å². The Morgan fingerprint density at radius 1 is 1.64 bits per heavy atom. The van der Waals surface area contributed by atoms with E-state index in [0.717, 1.165) is 25.7 Å². The van der Waals surface area contributed by atoms with Gasteiger partial charge in [0.2, 0.25) is 5.91 Å². The molecule has 0 aromatic carbocycles. The van der Waals surface area contributed by atoms with Crippen LogP contribution in [-0.4, -0.2) is 29.2 Å². The van der Waals surface area contributed by atoms with Crippen LogP contribution in [0.4, 0.5) is 0 Å². The van der Waals surface area contributed by atoms with Gasteiger partial charge in [-0.05, 0) is 25.7 Å². The molecule has 0 saturated heterocycles. The maximum atomic E-state index is 11.3. The first kappa shape index (κ1) is 11.5. The van der Waals surface area contributed by atoms with Gasteiger partial charge in [-0.1, -0.05) is 6.92 Å². The maximum absolute atomic E-state index is 11.3. The molecule has 4 nitrogen and oxygen atoms in total. The van der Waals surface area contributed by atoms with Crippen molar-refractivity contribution in [2.45, 2.75) is 50.7 Å². The molecule has 0 bridgehead atoms. The predicted molar refractivity (Wildman–Crippen MR) is 54.7 cm³/mol. The number of rotatable bonds is 5. The number of carbonyl (C=O) groups excluding carboxylic acids is 1. The molecule has 0 radical (unpaired) electrons. The third-order valence-electron chi connectivity index (χ3n) is 2.87. The Bertz CT molecular complexity index is 202. The smallest absolute Gasteiger partial charge is 0.221 e. The quantitative estimate of drug-likeness (QED) is 0.591. The minimum absolute atomic E-state index is 0.0559. The summed E-state index contributed by atoms with van der Waals surface area (Å²) in [5, 5.41) is 12.4. The fourth-order valence-electron chi connectivity index (χ4n) is 1.48. The molecule has 0 spiro atoms. The van der Waals surface area contributed by atoms with E-state index in [4.69, 9.17) is 5.73 Å². The highest BCUT2D eigenvalue weighted by molar-refractivity contribution is 5.76. The van der Waals surface area contributed by atoms with Gasteiger partial charge in [0.25, 0.3) is 0 Å². The van der Waals surface area contributed by atoms with Gasteiger partial charge in [-0.25, -0.2) is 0 Å². The van der Waals surface area contributed by atoms with Gasteiger partial charge in [-0.2, -0.15) is 0 Å². The summed E-state index contributed by atoms with van der Waals surface area (Å²) in [6.07, 6.45) is 3.81. The van der Waals surface area contributed by atoms with E-state index < -0.39 is 5.60 Å². The lowest BCUT2D eigenvalue weighted by atomic mass is 9.80. The highest BCUT2D eigenvalue weighted by atomic mass is 16.3. The lowest BCUT2D eigenvalue weighted by Crippen LogP contribution is -2.48. The van der Waals surface area contributed by atoms with Crippen molar-refractivity contribution < 1.29 is 9.90 Å². The molecule has 0 heterocycles. The number of hydrogen-bond donors (Lipinski definition) is 3. The highest BCUT2D eigenvalue weighted by Crippen LogP contribution is 2.30. The van der Waals surface area contributed by atoms with Crippen molar-refractivity contribution in [3.8, 4) is 0 Å². The molecule has 1 unspecified atom stereocenters. The van der Waals surface area contributed by atoms with E-state index in [0.29, 0.717) is 13.0 Å². The van der Waals surface area contributed by atoms with Gasteiger partial charge in [0.05, 0.1) is 5.60 Å². The minimum atomic E-state index is -0.633. The average Bonchev–Trinajstić information content (AvgIpc) is 2.11. The molecule has 1 aliphatic rings. The molecular formula is C10H20N2O2. The number of hydrogen-bond acceptors (Lipinski definition) is 3. The van der Waals surface area contributed by atoms with Crippen molar-refractivity contribution in [1.82, 2.24) is 5.32 Å². The van der Waals surface area contributed by atoms with Gasteiger partial charge in [0.1, 0.15) is 0 Å². The predicted octanol–water partition coefficient (Wildman–Crippen LogP) is 0.145. The second kappa shape index (κ2) is 4.75. The van der Waals surface area contributed by atoms with Crippen molar-refractivity contribution in [2.24, 2.45) is 5.73 Å². The standard InChI is InChI=1S/C10H20N2O2/c1-2-8(11)6-9(13)12-7-10(14)4-3-5-10/h8,14H,2-7,11H2,1H3,(H,12,13). The summed E-state index contributed by atoms with van der Waals surface area (Å²) in [5.74, 6) is -0.0559. The molecule has 1 saturated carbocycles. The van der Waals surface area contributed by atoms with Crippen LogP contribution in [0, 0.1) is 0 Å². The molecule has 1 aliphatic carbocycles. The summed E-state index contributed by atoms with van der Waals surface area (Å²) in [6, 6.07) is -0.0639. The number of aliphatic hydroxyl groups is 1. The summed E-state index contributed by atoms with van der Waals surface area (Å²) in [5.41, 5.74) is 5.00. The van der Waals surface area contributed by atoms with E-state index in [1.54, 1.807) is 0 Å². The van der Waals surface area contributed by atoms with Crippen LogP contribution in [0.3, 0.4) is 0 Å². The zero-order valence-corrected chi connectivity index (χ0v) is 8.75. The largest absolute Gasteiger partial charge is 0.388 e. The number of amides is 1. The average molecular weight is 200 g/mol. The Hall–Kier alpha value is -0.610. The summed E-state index contributed by atoms with van der Waals surface area (Å²) < 4.78 is 0. The van der Waals surface area contributed by atoms with Crippen LogP contribution in [-0.2, 0) is 4.79 Å². The lowest BCUT2D eigenvalue weighted by molar-refractivity contribution is -0.123. The molecule has 82 valence electrons. The van der Waals surface area contributed by atoms with Crippen LogP contribution in [0.5, 0.6) is 0 Å². The highest BCUT2D eigenvalue weighted by Gasteiger charge is 2.34. The van der Waals surface area contributed by atoms with Crippen molar-refractivity contribution in [3.63, 3.8) is 0 Å². The fraction of sp³-hybridized carbons (Fsp3) is 0.900. The first-order valence-corrected chi connectivity index (χ1v) is 5.30. The van der Waals surface area contributed by atoms with Crippen molar-refractivity contribution in [3.05, 3.63) is 0 Å². The van der Waals surface area contributed by atoms with Crippen LogP contribution in [0.1, 0.15) is 39.0 Å². The molecule has 4 N–H and O–H groups in total. The van der Waals surface area contributed by atoms with E-state index in [9.17, 15) is 9.90 Å². The Morgan fingerprint density at radius 3 is 2.71 bits per heavy atom. The molecule has 4 heteroatoms. The van der Waals surface area contributed by atoms with Crippen molar-refractivity contribution in [2.75, 3.05) is 6.54 Å². The SMILES string of the molecule is CCC(N)CC(=O)NCC1(O)CCC1. The Morgan fingerprint density at radius 2 is 2.29 bits per heavy atom. The zero-order chi connectivity index (χ0) is 10.6. The monoisotopic (exact) mass is 200 g/mol. The molecule has 14 heavy (non-hydrogen) atoms. The van der Waals surface area contributed by atoms with Gasteiger partial charge in [-0.15, -0.1) is 0 Å². The minimum Gasteiger partial charge on any atom is -0.388 e. The van der Waals surface area contributed by atoms with Crippen LogP contribution in [0.15, 0.2) is 0 Å². The van der Waals surface area contributed by atoms with Crippen LogP contribution in [0.2, 0.25) is 0 Å². The van der Waals surface area contributed by atoms with Crippen LogP contribution < -0.4 is 11.1 Å². The van der Waals surface area contributed by atoms with Crippen molar-refractivity contribution >= 4 is 5.91 Å². The number of nitrogens with one attached hydrogen (secondary N) is 1. The Labute approximate surface area is 84.9 Å². The molecule has 0 aromatic rings. The number of nitrogens with two attached hydrogens (primary N) is 1. The van der Waals surface area contributed by atoms with Gasteiger partial charge in [0.15, 0.2) is 0 Å². The van der Waals surface area contributed by atoms with Crippen molar-refractivity contribution in [1.29, 1.82) is 0 Å². The second-order valence-corrected chi connectivity index (χ2v) is 4.23. The van der Waals surface area contributed by atoms with Gasteiger partial charge in [-0.3, -0.25) is 4.79 Å². The normalized spacial score (nSPS) is 21.1. The molecule has 1 rings (SSSR count). The molecule has 1 atom stereocenters. The van der Waals surface area contributed by atoms with E-state index in [1.807, 2.05) is 6.92 Å². The van der Waals surface area contributed by atoms with Gasteiger partial charge in [0, 0.05) is 19.0 Å². The third-order valence-corrected chi connectivity index (χ3v) is 2.87. The first-order valence-electron chi connectivity index (χ1n) is 5.30. The van der Waals surface area contributed by atoms with Gasteiger partial charge < -0.3 is 16.2 Å². The van der Waals surface area contributed by atoms with Gasteiger partial charge >= 0.3 is 0 Å². The Balaban J connectivity index is 2.14. The summed E-state index contributed by atoms with van der Waals surface area (Å²) in [7, 11) is 0. The zero-order valence-electron chi connectivity index (χ0n) is 8.75. The van der Waals surface area contributed by atoms with E-state index in [-0.39, 0.29) is 11.9 Å². The van der Waals surface area contributed by atoms with E-state index in [1.165, 1.54) is 0 Å². The topological polar surface area (TPSA) is 75.4 Å². The summed E-state index contributed by atoms with van der Waals surface area (Å²) in [6.45, 7) is 2.33. The Kier molecular flexibility index (Phi) is 3.89.